The molecule has 0 saturated heterocycles. The van der Waals surface area contributed by atoms with E-state index in [1.54, 1.807) is 36.4 Å². The first kappa shape index (κ1) is 19.3. The van der Waals surface area contributed by atoms with Crippen molar-refractivity contribution in [1.82, 2.24) is 4.90 Å². The lowest BCUT2D eigenvalue weighted by Crippen LogP contribution is -2.33. The molecule has 0 aliphatic carbocycles. The number of anilines is 1. The van der Waals surface area contributed by atoms with Gasteiger partial charge in [-0.05, 0) is 61.7 Å². The van der Waals surface area contributed by atoms with Crippen molar-refractivity contribution < 1.29 is 19.2 Å². The molecule has 2 aliphatic heterocycles. The number of hydrogen-bond acceptors (Lipinski definition) is 5. The Kier molecular flexibility index (Phi) is 5.11. The van der Waals surface area contributed by atoms with Crippen LogP contribution in [0.4, 0.5) is 5.69 Å². The summed E-state index contributed by atoms with van der Waals surface area (Å²) >= 11 is 6.95. The molecule has 144 valence electrons. The number of benzene rings is 2. The second-order valence-corrected chi connectivity index (χ2v) is 8.35. The summed E-state index contributed by atoms with van der Waals surface area (Å²) < 4.78 is 1.72. The highest BCUT2D eigenvalue weighted by Crippen LogP contribution is 2.42. The summed E-state index contributed by atoms with van der Waals surface area (Å²) in [5.74, 6) is -1.10. The van der Waals surface area contributed by atoms with E-state index in [4.69, 9.17) is 4.84 Å². The molecule has 4 rings (SSSR count). The monoisotopic (exact) mass is 506 g/mol. The molecule has 0 fully saturated rings. The largest absolute Gasteiger partial charge is 0.299 e. The first-order valence-corrected chi connectivity index (χ1v) is 10.3. The molecule has 0 N–H and O–H groups in total. The number of hydroxylamine groups is 1. The van der Waals surface area contributed by atoms with Crippen molar-refractivity contribution in [2.45, 2.75) is 12.3 Å². The molecule has 0 aromatic heterocycles. The van der Waals surface area contributed by atoms with E-state index in [-0.39, 0.29) is 36.5 Å². The Hall–Kier alpha value is -2.03. The third-order valence-electron chi connectivity index (χ3n) is 5.13. The Morgan fingerprint density at radius 3 is 2.32 bits per heavy atom. The van der Waals surface area contributed by atoms with Crippen LogP contribution in [0.15, 0.2) is 45.3 Å². The predicted molar refractivity (Wildman–Crippen MR) is 110 cm³/mol. The molecule has 0 bridgehead atoms. The van der Waals surface area contributed by atoms with Gasteiger partial charge < -0.3 is 0 Å². The lowest BCUT2D eigenvalue weighted by molar-refractivity contribution is -0.120. The van der Waals surface area contributed by atoms with Gasteiger partial charge in [-0.1, -0.05) is 12.1 Å². The van der Waals surface area contributed by atoms with Crippen LogP contribution >= 0.6 is 31.9 Å². The molecular formula is C20H16Br2N2O4. The van der Waals surface area contributed by atoms with Crippen LogP contribution < -0.4 is 5.06 Å². The average molecular weight is 508 g/mol. The number of imide groups is 1. The van der Waals surface area contributed by atoms with Crippen molar-refractivity contribution in [3.8, 4) is 0 Å². The van der Waals surface area contributed by atoms with E-state index in [1.165, 1.54) is 0 Å². The molecule has 2 aliphatic rings. The normalized spacial score (nSPS) is 17.9. The highest BCUT2D eigenvalue weighted by Gasteiger charge is 2.38. The molecule has 1 unspecified atom stereocenters. The first-order chi connectivity index (χ1) is 13.4. The van der Waals surface area contributed by atoms with Crippen molar-refractivity contribution >= 4 is 55.1 Å². The van der Waals surface area contributed by atoms with E-state index in [2.05, 4.69) is 31.9 Å². The summed E-state index contributed by atoms with van der Waals surface area (Å²) in [5, 5.41) is 1.68. The zero-order valence-corrected chi connectivity index (χ0v) is 18.1. The highest BCUT2D eigenvalue weighted by atomic mass is 79.9. The van der Waals surface area contributed by atoms with Crippen LogP contribution in [0, 0.1) is 0 Å². The highest BCUT2D eigenvalue weighted by molar-refractivity contribution is 9.13. The number of hydrogen-bond donors (Lipinski definition) is 0. The van der Waals surface area contributed by atoms with Crippen LogP contribution in [0.5, 0.6) is 0 Å². The van der Waals surface area contributed by atoms with Gasteiger partial charge in [0.1, 0.15) is 5.78 Å². The molecule has 2 heterocycles. The Labute approximate surface area is 178 Å². The maximum absolute atomic E-state index is 13.0. The molecule has 8 heteroatoms. The number of Topliss-reactive ketones (excluding diaryl/α,β-unsaturated/α-hetero) is 1. The van der Waals surface area contributed by atoms with Crippen molar-refractivity contribution in [1.29, 1.82) is 0 Å². The van der Waals surface area contributed by atoms with E-state index in [0.717, 1.165) is 25.1 Å². The van der Waals surface area contributed by atoms with Crippen LogP contribution in [0.1, 0.15) is 38.6 Å². The predicted octanol–water partition coefficient (Wildman–Crippen LogP) is 3.93. The van der Waals surface area contributed by atoms with Crippen LogP contribution in [0.25, 0.3) is 0 Å². The summed E-state index contributed by atoms with van der Waals surface area (Å²) in [6.07, 6.45) is 0.0980. The van der Waals surface area contributed by atoms with Gasteiger partial charge in [-0.2, -0.15) is 0 Å². The van der Waals surface area contributed by atoms with Crippen LogP contribution in [0.2, 0.25) is 0 Å². The summed E-state index contributed by atoms with van der Waals surface area (Å²) in [5.41, 5.74) is 2.48. The Bertz CT molecular complexity index is 973. The number of amides is 2. The van der Waals surface area contributed by atoms with Gasteiger partial charge in [-0.15, -0.1) is 0 Å². The van der Waals surface area contributed by atoms with Gasteiger partial charge in [-0.3, -0.25) is 29.2 Å². The van der Waals surface area contributed by atoms with Crippen LogP contribution in [-0.4, -0.2) is 42.7 Å². The van der Waals surface area contributed by atoms with Gasteiger partial charge in [0.05, 0.1) is 36.4 Å². The lowest BCUT2D eigenvalue weighted by Gasteiger charge is -2.17. The summed E-state index contributed by atoms with van der Waals surface area (Å²) in [4.78, 5) is 44.4. The number of halogens is 2. The summed E-state index contributed by atoms with van der Waals surface area (Å²) in [6.45, 7) is 0.470. The Balaban J connectivity index is 1.51. The number of fused-ring (bicyclic) bond motifs is 2. The van der Waals surface area contributed by atoms with Gasteiger partial charge in [0.2, 0.25) is 0 Å². The Morgan fingerprint density at radius 1 is 1.11 bits per heavy atom. The zero-order chi connectivity index (χ0) is 20.0. The van der Waals surface area contributed by atoms with E-state index < -0.39 is 0 Å². The fraction of sp³-hybridized carbons (Fsp3) is 0.250. The van der Waals surface area contributed by atoms with Crippen molar-refractivity contribution in [2.75, 3.05) is 25.3 Å². The van der Waals surface area contributed by atoms with Crippen molar-refractivity contribution in [3.63, 3.8) is 0 Å². The van der Waals surface area contributed by atoms with Crippen LogP contribution in [-0.2, 0) is 9.63 Å². The van der Waals surface area contributed by atoms with Crippen molar-refractivity contribution in [2.24, 2.45) is 0 Å². The number of ketones is 1. The average Bonchev–Trinajstić information content (AvgIpc) is 3.16. The van der Waals surface area contributed by atoms with Gasteiger partial charge in [0, 0.05) is 21.9 Å². The molecule has 2 aromatic rings. The first-order valence-electron chi connectivity index (χ1n) is 8.71. The number of carbonyl (C=O) groups is 3. The molecule has 6 nitrogen and oxygen atoms in total. The number of nitrogens with zero attached hydrogens (tertiary/aromatic N) is 2. The standard InChI is InChI=1S/C20H16Br2N2O4/c1-28-24-10-14(13-8-15(21)16(22)9-17(13)24)18(25)6-7-23-19(26)11-4-2-3-5-12(11)20(23)27/h2-5,8-9,14H,6-7,10H2,1H3. The molecule has 28 heavy (non-hydrogen) atoms. The lowest BCUT2D eigenvalue weighted by atomic mass is 9.95. The molecule has 0 saturated carbocycles. The molecule has 2 amide bonds. The smallest absolute Gasteiger partial charge is 0.261 e. The SMILES string of the molecule is CON1CC(C(=O)CCN2C(=O)c3ccccc3C2=O)c2cc(Br)c(Br)cc21. The van der Waals surface area contributed by atoms with Crippen LogP contribution in [0.3, 0.4) is 0 Å². The zero-order valence-electron chi connectivity index (χ0n) is 14.9. The van der Waals surface area contributed by atoms with Gasteiger partial charge >= 0.3 is 0 Å². The van der Waals surface area contributed by atoms with E-state index >= 15 is 0 Å². The van der Waals surface area contributed by atoms with Crippen molar-refractivity contribution in [3.05, 3.63) is 62.0 Å². The molecule has 0 radical (unpaired) electrons. The molecule has 1 atom stereocenters. The molecule has 0 spiro atoms. The van der Waals surface area contributed by atoms with E-state index in [1.807, 2.05) is 12.1 Å². The maximum Gasteiger partial charge on any atom is 0.261 e. The maximum atomic E-state index is 13.0. The van der Waals surface area contributed by atoms with E-state index in [0.29, 0.717) is 17.7 Å². The topological polar surface area (TPSA) is 66.9 Å². The minimum Gasteiger partial charge on any atom is -0.299 e. The fourth-order valence-corrected chi connectivity index (χ4v) is 4.39. The fourth-order valence-electron chi connectivity index (χ4n) is 3.70. The Morgan fingerprint density at radius 2 is 1.71 bits per heavy atom. The number of rotatable bonds is 5. The third kappa shape index (κ3) is 3.09. The summed E-state index contributed by atoms with van der Waals surface area (Å²) in [7, 11) is 1.56. The molecular weight excluding hydrogens is 492 g/mol. The quantitative estimate of drug-likeness (QED) is 0.573. The summed E-state index contributed by atoms with van der Waals surface area (Å²) in [6, 6.07) is 10.5. The van der Waals surface area contributed by atoms with Gasteiger partial charge in [-0.25, -0.2) is 0 Å². The number of carbonyl (C=O) groups excluding carboxylic acids is 3. The van der Waals surface area contributed by atoms with Gasteiger partial charge in [0.15, 0.2) is 0 Å². The van der Waals surface area contributed by atoms with Gasteiger partial charge in [0.25, 0.3) is 11.8 Å². The second kappa shape index (κ2) is 7.42. The minimum atomic E-state index is -0.380. The third-order valence-corrected chi connectivity index (χ3v) is 6.98. The molecule has 2 aromatic carbocycles. The second-order valence-electron chi connectivity index (χ2n) is 6.65. The van der Waals surface area contributed by atoms with E-state index in [9.17, 15) is 14.4 Å². The minimum absolute atomic E-state index is 0.0356.